The van der Waals surface area contributed by atoms with Crippen molar-refractivity contribution in [2.24, 2.45) is 5.73 Å². The maximum Gasteiger partial charge on any atom is 0.304 e. The molecule has 0 heterocycles. The molecule has 0 saturated carbocycles. The van der Waals surface area contributed by atoms with Gasteiger partial charge in [0.25, 0.3) is 0 Å². The molecule has 70 valence electrons. The Labute approximate surface area is 77.2 Å². The molecule has 3 N–H and O–H groups in total. The molecule has 3 heteroatoms. The first-order valence-corrected chi connectivity index (χ1v) is 4.21. The van der Waals surface area contributed by atoms with E-state index in [-0.39, 0.29) is 12.3 Å². The number of aliphatic carboxylic acids is 1. The molecule has 0 spiro atoms. The summed E-state index contributed by atoms with van der Waals surface area (Å²) in [5, 5.41) is 8.62. The molecular formula is C10H13NO2. The van der Waals surface area contributed by atoms with Crippen LogP contribution in [0.4, 0.5) is 0 Å². The van der Waals surface area contributed by atoms with E-state index >= 15 is 0 Å². The Kier molecular flexibility index (Phi) is 3.46. The highest BCUT2D eigenvalue weighted by Gasteiger charge is 2.12. The Morgan fingerprint density at radius 3 is 2.46 bits per heavy atom. The van der Waals surface area contributed by atoms with Crippen LogP contribution in [-0.4, -0.2) is 17.6 Å². The van der Waals surface area contributed by atoms with Gasteiger partial charge in [-0.25, -0.2) is 0 Å². The number of carboxylic acid groups (broad SMARTS) is 1. The van der Waals surface area contributed by atoms with Crippen molar-refractivity contribution in [3.05, 3.63) is 35.9 Å². The Bertz CT molecular complexity index is 272. The number of carbonyl (C=O) groups is 1. The molecule has 0 fully saturated rings. The molecule has 0 aliphatic heterocycles. The SMILES string of the molecule is NC[C@@H](CC(=O)O)c1ccccc1. The van der Waals surface area contributed by atoms with Gasteiger partial charge >= 0.3 is 5.97 Å². The Balaban J connectivity index is 2.73. The molecule has 0 aromatic heterocycles. The van der Waals surface area contributed by atoms with Crippen molar-refractivity contribution >= 4 is 5.97 Å². The Morgan fingerprint density at radius 2 is 2.00 bits per heavy atom. The van der Waals surface area contributed by atoms with E-state index in [1.807, 2.05) is 30.3 Å². The molecular weight excluding hydrogens is 166 g/mol. The van der Waals surface area contributed by atoms with Gasteiger partial charge in [-0.1, -0.05) is 30.3 Å². The second-order valence-corrected chi connectivity index (χ2v) is 2.94. The lowest BCUT2D eigenvalue weighted by Crippen LogP contribution is -2.16. The highest BCUT2D eigenvalue weighted by molar-refractivity contribution is 5.68. The van der Waals surface area contributed by atoms with Crippen LogP contribution in [0.15, 0.2) is 30.3 Å². The molecule has 0 aliphatic rings. The first-order chi connectivity index (χ1) is 6.24. The van der Waals surface area contributed by atoms with E-state index in [0.29, 0.717) is 6.54 Å². The molecule has 3 nitrogen and oxygen atoms in total. The zero-order chi connectivity index (χ0) is 9.68. The number of hydrogen-bond acceptors (Lipinski definition) is 2. The quantitative estimate of drug-likeness (QED) is 0.730. The predicted octanol–water partition coefficient (Wildman–Crippen LogP) is 1.20. The van der Waals surface area contributed by atoms with Crippen LogP contribution in [0.3, 0.4) is 0 Å². The van der Waals surface area contributed by atoms with Crippen molar-refractivity contribution in [3.8, 4) is 0 Å². The van der Waals surface area contributed by atoms with E-state index in [2.05, 4.69) is 0 Å². The van der Waals surface area contributed by atoms with Crippen LogP contribution in [-0.2, 0) is 4.79 Å². The first kappa shape index (κ1) is 9.74. The van der Waals surface area contributed by atoms with E-state index in [9.17, 15) is 4.79 Å². The van der Waals surface area contributed by atoms with E-state index < -0.39 is 5.97 Å². The molecule has 1 aromatic carbocycles. The highest BCUT2D eigenvalue weighted by Crippen LogP contribution is 2.17. The van der Waals surface area contributed by atoms with Gasteiger partial charge in [-0.15, -0.1) is 0 Å². The zero-order valence-corrected chi connectivity index (χ0v) is 7.31. The maximum absolute atomic E-state index is 10.5. The van der Waals surface area contributed by atoms with Crippen LogP contribution >= 0.6 is 0 Å². The van der Waals surface area contributed by atoms with Crippen LogP contribution in [0.1, 0.15) is 17.9 Å². The summed E-state index contributed by atoms with van der Waals surface area (Å²) in [6.07, 6.45) is 0.0977. The second-order valence-electron chi connectivity index (χ2n) is 2.94. The van der Waals surface area contributed by atoms with Crippen molar-refractivity contribution < 1.29 is 9.90 Å². The fraction of sp³-hybridized carbons (Fsp3) is 0.300. The standard InChI is InChI=1S/C10H13NO2/c11-7-9(6-10(12)13)8-4-2-1-3-5-8/h1-5,9H,6-7,11H2,(H,12,13)/t9-/m1/s1. The smallest absolute Gasteiger partial charge is 0.304 e. The van der Waals surface area contributed by atoms with E-state index in [0.717, 1.165) is 5.56 Å². The lowest BCUT2D eigenvalue weighted by molar-refractivity contribution is -0.137. The fourth-order valence-corrected chi connectivity index (χ4v) is 1.27. The van der Waals surface area contributed by atoms with Crippen molar-refractivity contribution in [1.29, 1.82) is 0 Å². The first-order valence-electron chi connectivity index (χ1n) is 4.21. The lowest BCUT2D eigenvalue weighted by Gasteiger charge is -2.11. The van der Waals surface area contributed by atoms with Gasteiger partial charge in [0, 0.05) is 5.92 Å². The van der Waals surface area contributed by atoms with Crippen molar-refractivity contribution in [3.63, 3.8) is 0 Å². The van der Waals surface area contributed by atoms with Gasteiger partial charge in [0.2, 0.25) is 0 Å². The summed E-state index contributed by atoms with van der Waals surface area (Å²) in [7, 11) is 0. The molecule has 1 atom stereocenters. The number of nitrogens with two attached hydrogens (primary N) is 1. The van der Waals surface area contributed by atoms with E-state index in [4.69, 9.17) is 10.8 Å². The summed E-state index contributed by atoms with van der Waals surface area (Å²) in [6, 6.07) is 9.48. The topological polar surface area (TPSA) is 63.3 Å². The molecule has 1 rings (SSSR count). The molecule has 1 aromatic rings. The van der Waals surface area contributed by atoms with Crippen molar-refractivity contribution in [1.82, 2.24) is 0 Å². The summed E-state index contributed by atoms with van der Waals surface area (Å²) >= 11 is 0. The largest absolute Gasteiger partial charge is 0.481 e. The summed E-state index contributed by atoms with van der Waals surface area (Å²) < 4.78 is 0. The minimum atomic E-state index is -0.806. The zero-order valence-electron chi connectivity index (χ0n) is 7.31. The van der Waals surface area contributed by atoms with Gasteiger partial charge in [0.15, 0.2) is 0 Å². The molecule has 0 saturated heterocycles. The fourth-order valence-electron chi connectivity index (χ4n) is 1.27. The molecule has 13 heavy (non-hydrogen) atoms. The normalized spacial score (nSPS) is 12.4. The van der Waals surface area contributed by atoms with Gasteiger partial charge in [0.1, 0.15) is 0 Å². The van der Waals surface area contributed by atoms with Crippen molar-refractivity contribution in [2.45, 2.75) is 12.3 Å². The minimum absolute atomic E-state index is 0.0706. The third-order valence-electron chi connectivity index (χ3n) is 1.98. The van der Waals surface area contributed by atoms with Gasteiger partial charge in [-0.3, -0.25) is 4.79 Å². The summed E-state index contributed by atoms with van der Waals surface area (Å²) in [5.74, 6) is -0.877. The van der Waals surface area contributed by atoms with Gasteiger partial charge in [0.05, 0.1) is 6.42 Å². The van der Waals surface area contributed by atoms with Gasteiger partial charge in [-0.2, -0.15) is 0 Å². The Hall–Kier alpha value is -1.35. The van der Waals surface area contributed by atoms with Crippen LogP contribution in [0.25, 0.3) is 0 Å². The number of benzene rings is 1. The molecule has 0 radical (unpaired) electrons. The Morgan fingerprint density at radius 1 is 1.38 bits per heavy atom. The van der Waals surface area contributed by atoms with Crippen LogP contribution in [0, 0.1) is 0 Å². The maximum atomic E-state index is 10.5. The van der Waals surface area contributed by atoms with Crippen molar-refractivity contribution in [2.75, 3.05) is 6.54 Å². The monoisotopic (exact) mass is 179 g/mol. The van der Waals surface area contributed by atoms with Crippen LogP contribution in [0.5, 0.6) is 0 Å². The van der Waals surface area contributed by atoms with E-state index in [1.54, 1.807) is 0 Å². The van der Waals surface area contributed by atoms with Gasteiger partial charge < -0.3 is 10.8 Å². The lowest BCUT2D eigenvalue weighted by atomic mass is 9.96. The predicted molar refractivity (Wildman–Crippen MR) is 50.5 cm³/mol. The number of carboxylic acids is 1. The van der Waals surface area contributed by atoms with Crippen LogP contribution < -0.4 is 5.73 Å². The van der Waals surface area contributed by atoms with E-state index in [1.165, 1.54) is 0 Å². The van der Waals surface area contributed by atoms with Gasteiger partial charge in [-0.05, 0) is 12.1 Å². The summed E-state index contributed by atoms with van der Waals surface area (Å²) in [6.45, 7) is 0.371. The summed E-state index contributed by atoms with van der Waals surface area (Å²) in [4.78, 5) is 10.5. The minimum Gasteiger partial charge on any atom is -0.481 e. The third-order valence-corrected chi connectivity index (χ3v) is 1.98. The third kappa shape index (κ3) is 2.87. The number of rotatable bonds is 4. The molecule has 0 amide bonds. The molecule has 0 unspecified atom stereocenters. The average Bonchev–Trinajstić information content (AvgIpc) is 2.15. The number of hydrogen-bond donors (Lipinski definition) is 2. The summed E-state index contributed by atoms with van der Waals surface area (Å²) in [5.41, 5.74) is 6.48. The average molecular weight is 179 g/mol. The highest BCUT2D eigenvalue weighted by atomic mass is 16.4. The molecule has 0 bridgehead atoms. The molecule has 0 aliphatic carbocycles. The second kappa shape index (κ2) is 4.62. The van der Waals surface area contributed by atoms with Crippen LogP contribution in [0.2, 0.25) is 0 Å².